The van der Waals surface area contributed by atoms with Gasteiger partial charge in [-0.25, -0.2) is 0 Å². The maximum absolute atomic E-state index is 6.72. The Morgan fingerprint density at radius 2 is 1.09 bits per heavy atom. The molecule has 0 bridgehead atoms. The average Bonchev–Trinajstić information content (AvgIpc) is 2.85. The summed E-state index contributed by atoms with van der Waals surface area (Å²) in [5.41, 5.74) is 9.21. The van der Waals surface area contributed by atoms with Crippen molar-refractivity contribution in [2.24, 2.45) is 5.73 Å². The largest absolute Gasteiger partial charge is 0.321 e. The van der Waals surface area contributed by atoms with E-state index in [0.29, 0.717) is 6.04 Å². The summed E-state index contributed by atoms with van der Waals surface area (Å²) in [6.07, 6.45) is 24.7. The third kappa shape index (κ3) is 13.0. The summed E-state index contributed by atoms with van der Waals surface area (Å²) in [4.78, 5) is 0. The van der Waals surface area contributed by atoms with E-state index in [1.807, 2.05) is 0 Å². The molecule has 0 radical (unpaired) electrons. The van der Waals surface area contributed by atoms with Gasteiger partial charge in [0.15, 0.2) is 0 Å². The first kappa shape index (κ1) is 30.2. The second kappa shape index (κ2) is 19.4. The lowest BCUT2D eigenvalue weighted by Gasteiger charge is -2.31. The minimum absolute atomic E-state index is 0.208. The maximum Gasteiger partial charge on any atom is 0.0407 e. The van der Waals surface area contributed by atoms with Gasteiger partial charge in [-0.05, 0) is 43.9 Å². The van der Waals surface area contributed by atoms with Crippen LogP contribution in [0, 0.1) is 0 Å². The van der Waals surface area contributed by atoms with Crippen LogP contribution in [0.25, 0.3) is 0 Å². The van der Waals surface area contributed by atoms with Crippen LogP contribution in [0.5, 0.6) is 0 Å². The predicted molar refractivity (Wildman–Crippen MR) is 149 cm³/mol. The van der Waals surface area contributed by atoms with Crippen LogP contribution < -0.4 is 11.1 Å². The maximum atomic E-state index is 6.72. The van der Waals surface area contributed by atoms with Crippen molar-refractivity contribution in [1.29, 1.82) is 0 Å². The van der Waals surface area contributed by atoms with E-state index in [-0.39, 0.29) is 5.54 Å². The van der Waals surface area contributed by atoms with E-state index in [1.54, 1.807) is 0 Å². The fourth-order valence-corrected chi connectivity index (χ4v) is 5.06. The number of nitrogens with one attached hydrogen (secondary N) is 1. The van der Waals surface area contributed by atoms with Gasteiger partial charge in [0.25, 0.3) is 0 Å². The molecular formula is C31H58N2. The fourth-order valence-electron chi connectivity index (χ4n) is 5.06. The van der Waals surface area contributed by atoms with E-state index < -0.39 is 0 Å². The van der Waals surface area contributed by atoms with Gasteiger partial charge in [0.1, 0.15) is 0 Å². The van der Waals surface area contributed by atoms with Gasteiger partial charge in [-0.2, -0.15) is 0 Å². The topological polar surface area (TPSA) is 38.0 Å². The van der Waals surface area contributed by atoms with E-state index in [2.05, 4.69) is 57.3 Å². The van der Waals surface area contributed by atoms with Crippen LogP contribution in [0.4, 0.5) is 0 Å². The molecule has 1 aromatic rings. The van der Waals surface area contributed by atoms with Crippen molar-refractivity contribution in [3.8, 4) is 0 Å². The molecule has 2 heteroatoms. The first-order chi connectivity index (χ1) is 16.1. The minimum atomic E-state index is -0.208. The van der Waals surface area contributed by atoms with Gasteiger partial charge in [-0.15, -0.1) is 0 Å². The molecule has 0 saturated heterocycles. The SMILES string of the molecule is CCCCCCCCCCCCCCCCCCNC(C)c1ccccc1C(N)(CC)CC. The highest BCUT2D eigenvalue weighted by atomic mass is 14.9. The van der Waals surface area contributed by atoms with Gasteiger partial charge in [-0.1, -0.05) is 141 Å². The third-order valence-electron chi connectivity index (χ3n) is 7.71. The van der Waals surface area contributed by atoms with Crippen molar-refractivity contribution in [3.63, 3.8) is 0 Å². The molecule has 192 valence electrons. The second-order valence-corrected chi connectivity index (χ2v) is 10.4. The molecule has 2 nitrogen and oxygen atoms in total. The van der Waals surface area contributed by atoms with Gasteiger partial charge >= 0.3 is 0 Å². The number of rotatable bonds is 22. The van der Waals surface area contributed by atoms with Crippen LogP contribution >= 0.6 is 0 Å². The number of unbranched alkanes of at least 4 members (excludes halogenated alkanes) is 15. The quantitative estimate of drug-likeness (QED) is 0.170. The molecule has 33 heavy (non-hydrogen) atoms. The van der Waals surface area contributed by atoms with E-state index in [9.17, 15) is 0 Å². The van der Waals surface area contributed by atoms with Crippen LogP contribution in [0.2, 0.25) is 0 Å². The van der Waals surface area contributed by atoms with E-state index in [1.165, 1.54) is 114 Å². The predicted octanol–water partition coefficient (Wildman–Crippen LogP) is 9.57. The number of nitrogens with two attached hydrogens (primary N) is 1. The molecule has 0 amide bonds. The van der Waals surface area contributed by atoms with Crippen molar-refractivity contribution in [3.05, 3.63) is 35.4 Å². The Kier molecular flexibility index (Phi) is 17.8. The average molecular weight is 459 g/mol. The highest BCUT2D eigenvalue weighted by Gasteiger charge is 2.26. The summed E-state index contributed by atoms with van der Waals surface area (Å²) < 4.78 is 0. The Hall–Kier alpha value is -0.860. The zero-order chi connectivity index (χ0) is 24.2. The van der Waals surface area contributed by atoms with Crippen molar-refractivity contribution >= 4 is 0 Å². The first-order valence-corrected chi connectivity index (χ1v) is 14.7. The summed E-state index contributed by atoms with van der Waals surface area (Å²) in [5, 5.41) is 3.75. The highest BCUT2D eigenvalue weighted by Crippen LogP contribution is 2.31. The molecule has 0 spiro atoms. The lowest BCUT2D eigenvalue weighted by molar-refractivity contribution is 0.403. The molecule has 3 N–H and O–H groups in total. The van der Waals surface area contributed by atoms with Crippen molar-refractivity contribution < 1.29 is 0 Å². The molecule has 1 aromatic carbocycles. The Labute approximate surface area is 207 Å². The molecule has 0 saturated carbocycles. The minimum Gasteiger partial charge on any atom is -0.321 e. The Balaban J connectivity index is 2.02. The highest BCUT2D eigenvalue weighted by molar-refractivity contribution is 5.35. The zero-order valence-corrected chi connectivity index (χ0v) is 22.9. The molecule has 0 aromatic heterocycles. The monoisotopic (exact) mass is 458 g/mol. The smallest absolute Gasteiger partial charge is 0.0407 e. The van der Waals surface area contributed by atoms with Gasteiger partial charge in [-0.3, -0.25) is 0 Å². The van der Waals surface area contributed by atoms with Gasteiger partial charge in [0, 0.05) is 11.6 Å². The summed E-state index contributed by atoms with van der Waals surface area (Å²) in [5.74, 6) is 0. The Morgan fingerprint density at radius 1 is 0.667 bits per heavy atom. The number of hydrogen-bond acceptors (Lipinski definition) is 2. The van der Waals surface area contributed by atoms with Gasteiger partial charge < -0.3 is 11.1 Å². The Morgan fingerprint density at radius 3 is 1.55 bits per heavy atom. The molecule has 0 aliphatic heterocycles. The summed E-state index contributed by atoms with van der Waals surface area (Å²) >= 11 is 0. The van der Waals surface area contributed by atoms with Gasteiger partial charge in [0.2, 0.25) is 0 Å². The molecule has 0 aliphatic carbocycles. The van der Waals surface area contributed by atoms with Crippen LogP contribution in [0.3, 0.4) is 0 Å². The van der Waals surface area contributed by atoms with Crippen LogP contribution in [-0.4, -0.2) is 6.54 Å². The molecule has 1 atom stereocenters. The summed E-state index contributed by atoms with van der Waals surface area (Å²) in [6.45, 7) is 10.1. The fraction of sp³-hybridized carbons (Fsp3) is 0.806. The molecule has 0 aliphatic rings. The van der Waals surface area contributed by atoms with Crippen molar-refractivity contribution in [1.82, 2.24) is 5.32 Å². The zero-order valence-electron chi connectivity index (χ0n) is 22.9. The Bertz CT molecular complexity index is 564. The second-order valence-electron chi connectivity index (χ2n) is 10.4. The van der Waals surface area contributed by atoms with E-state index in [0.717, 1.165) is 19.4 Å². The van der Waals surface area contributed by atoms with Crippen LogP contribution in [-0.2, 0) is 5.54 Å². The molecule has 0 heterocycles. The molecule has 0 fully saturated rings. The van der Waals surface area contributed by atoms with E-state index in [4.69, 9.17) is 5.73 Å². The third-order valence-corrected chi connectivity index (χ3v) is 7.71. The summed E-state index contributed by atoms with van der Waals surface area (Å²) in [6, 6.07) is 9.13. The number of benzene rings is 1. The first-order valence-electron chi connectivity index (χ1n) is 14.7. The lowest BCUT2D eigenvalue weighted by Crippen LogP contribution is -2.37. The van der Waals surface area contributed by atoms with Crippen LogP contribution in [0.1, 0.15) is 160 Å². The van der Waals surface area contributed by atoms with Crippen molar-refractivity contribution in [2.75, 3.05) is 6.54 Å². The molecular weight excluding hydrogens is 400 g/mol. The molecule has 1 rings (SSSR count). The normalized spacial score (nSPS) is 12.9. The number of hydrogen-bond donors (Lipinski definition) is 2. The van der Waals surface area contributed by atoms with E-state index >= 15 is 0 Å². The molecule has 1 unspecified atom stereocenters. The lowest BCUT2D eigenvalue weighted by atomic mass is 9.81. The van der Waals surface area contributed by atoms with Crippen molar-refractivity contribution in [2.45, 2.75) is 155 Å². The standard InChI is InChI=1S/C31H58N2/c1-5-8-9-10-11-12-13-14-15-16-17-18-19-20-21-24-27-33-28(4)29-25-22-23-26-30(29)31(32,6-2)7-3/h22-23,25-26,28,33H,5-21,24,27,32H2,1-4H3. The summed E-state index contributed by atoms with van der Waals surface area (Å²) in [7, 11) is 0. The van der Waals surface area contributed by atoms with Gasteiger partial charge in [0.05, 0.1) is 0 Å². The van der Waals surface area contributed by atoms with Crippen LogP contribution in [0.15, 0.2) is 24.3 Å².